The van der Waals surface area contributed by atoms with Crippen LogP contribution in [0.15, 0.2) is 29.2 Å². The minimum absolute atomic E-state index is 0.228. The van der Waals surface area contributed by atoms with Crippen molar-refractivity contribution in [2.24, 2.45) is 0 Å². The first-order valence-corrected chi connectivity index (χ1v) is 9.68. The van der Waals surface area contributed by atoms with Gasteiger partial charge in [0.15, 0.2) is 0 Å². The van der Waals surface area contributed by atoms with Crippen molar-refractivity contribution >= 4 is 18.0 Å². The van der Waals surface area contributed by atoms with Crippen LogP contribution in [0.3, 0.4) is 0 Å². The summed E-state index contributed by atoms with van der Waals surface area (Å²) in [6, 6.07) is 6.72. The maximum Gasteiger partial charge on any atom is 0.296 e. The smallest absolute Gasteiger partial charge is 0.266 e. The molecule has 0 amide bonds. The van der Waals surface area contributed by atoms with Crippen molar-refractivity contribution in [3.63, 3.8) is 0 Å². The molecule has 0 aliphatic carbocycles. The molecule has 0 radical (unpaired) electrons. The summed E-state index contributed by atoms with van der Waals surface area (Å²) in [7, 11) is -3.85. The van der Waals surface area contributed by atoms with Crippen molar-refractivity contribution in [2.75, 3.05) is 19.4 Å². The summed E-state index contributed by atoms with van der Waals surface area (Å²) in [6.45, 7) is 10.9. The van der Waals surface area contributed by atoms with E-state index in [1.165, 1.54) is 0 Å². The molecular formula is C14H23O3PS. The van der Waals surface area contributed by atoms with E-state index in [0.29, 0.717) is 0 Å². The van der Waals surface area contributed by atoms with Gasteiger partial charge in [0.2, 0.25) is 0 Å². The van der Waals surface area contributed by atoms with Crippen LogP contribution < -0.4 is 0 Å². The molecule has 108 valence electrons. The van der Waals surface area contributed by atoms with E-state index in [9.17, 15) is 8.42 Å². The summed E-state index contributed by atoms with van der Waals surface area (Å²) in [5.74, 6) is 0. The van der Waals surface area contributed by atoms with E-state index >= 15 is 0 Å². The highest BCUT2D eigenvalue weighted by atomic mass is 32.2. The normalized spacial score (nSPS) is 14.4. The van der Waals surface area contributed by atoms with E-state index in [2.05, 4.69) is 27.4 Å². The number of benzene rings is 1. The van der Waals surface area contributed by atoms with Crippen molar-refractivity contribution < 1.29 is 12.6 Å². The highest BCUT2D eigenvalue weighted by molar-refractivity contribution is 7.86. The molecule has 0 spiro atoms. The van der Waals surface area contributed by atoms with Gasteiger partial charge in [-0.3, -0.25) is 4.18 Å². The minimum atomic E-state index is -3.61. The summed E-state index contributed by atoms with van der Waals surface area (Å²) in [6.07, 6.45) is 0.796. The third-order valence-electron chi connectivity index (χ3n) is 3.12. The Morgan fingerprint density at radius 3 is 2.16 bits per heavy atom. The maximum absolute atomic E-state index is 12.0. The molecule has 0 aliphatic rings. The molecular weight excluding hydrogens is 279 g/mol. The van der Waals surface area contributed by atoms with Crippen molar-refractivity contribution in [2.45, 2.75) is 37.7 Å². The molecule has 0 heterocycles. The molecule has 1 aromatic rings. The number of hydrogen-bond donors (Lipinski definition) is 0. The average Bonchev–Trinajstić information content (AvgIpc) is 2.28. The first-order chi connectivity index (χ1) is 8.63. The Bertz CT molecular complexity index is 500. The zero-order valence-corrected chi connectivity index (χ0v) is 14.0. The molecule has 0 bridgehead atoms. The first kappa shape index (κ1) is 16.6. The van der Waals surface area contributed by atoms with Crippen molar-refractivity contribution in [1.82, 2.24) is 0 Å². The topological polar surface area (TPSA) is 43.4 Å². The van der Waals surface area contributed by atoms with Crippen LogP contribution in [0.1, 0.15) is 26.3 Å². The molecule has 19 heavy (non-hydrogen) atoms. The van der Waals surface area contributed by atoms with Gasteiger partial charge in [-0.05, 0) is 37.0 Å². The van der Waals surface area contributed by atoms with Crippen molar-refractivity contribution in [1.29, 1.82) is 0 Å². The van der Waals surface area contributed by atoms with Crippen molar-refractivity contribution in [3.8, 4) is 0 Å². The third-order valence-corrected chi connectivity index (χ3v) is 7.59. The zero-order chi connectivity index (χ0) is 14.7. The second kappa shape index (κ2) is 6.34. The van der Waals surface area contributed by atoms with Gasteiger partial charge < -0.3 is 0 Å². The van der Waals surface area contributed by atoms with Gasteiger partial charge in [0.25, 0.3) is 10.1 Å². The zero-order valence-electron chi connectivity index (χ0n) is 12.3. The predicted octanol–water partition coefficient (Wildman–Crippen LogP) is 3.61. The summed E-state index contributed by atoms with van der Waals surface area (Å²) in [4.78, 5) is 0.231. The lowest BCUT2D eigenvalue weighted by atomic mass is 10.2. The molecule has 0 unspecified atom stereocenters. The Labute approximate surface area is 118 Å². The molecule has 0 aromatic heterocycles. The van der Waals surface area contributed by atoms with Gasteiger partial charge in [0.1, 0.15) is 0 Å². The monoisotopic (exact) mass is 302 g/mol. The number of aryl methyl sites for hydroxylation is 1. The van der Waals surface area contributed by atoms with E-state index in [4.69, 9.17) is 4.18 Å². The molecule has 0 N–H and O–H groups in total. The largest absolute Gasteiger partial charge is 0.296 e. The van der Waals surface area contributed by atoms with Crippen LogP contribution in [0.2, 0.25) is 0 Å². The van der Waals surface area contributed by atoms with Gasteiger partial charge in [0, 0.05) is 0 Å². The highest BCUT2D eigenvalue weighted by Gasteiger charge is 2.21. The van der Waals surface area contributed by atoms with Crippen LogP contribution in [-0.2, 0) is 14.3 Å². The first-order valence-electron chi connectivity index (χ1n) is 6.30. The lowest BCUT2D eigenvalue weighted by molar-refractivity contribution is 0.340. The van der Waals surface area contributed by atoms with Gasteiger partial charge in [-0.1, -0.05) is 38.5 Å². The fourth-order valence-electron chi connectivity index (χ4n) is 1.39. The summed E-state index contributed by atoms with van der Waals surface area (Å²) >= 11 is 0. The van der Waals surface area contributed by atoms with Crippen molar-refractivity contribution in [3.05, 3.63) is 29.8 Å². The molecule has 1 rings (SSSR count). The molecule has 0 fully saturated rings. The molecule has 1 atom stereocenters. The third kappa shape index (κ3) is 5.21. The second-order valence-corrected chi connectivity index (χ2v) is 10.5. The van der Waals surface area contributed by atoms with Crippen LogP contribution in [0.4, 0.5) is 0 Å². The standard InChI is InChI=1S/C14H23O3PS/c1-12-6-8-13(9-7-12)19(15,16)17-10-11-18(5)14(2,3)4/h6-9H,10-11H2,1-5H3/t18-/m0/s1. The average molecular weight is 302 g/mol. The van der Waals surface area contributed by atoms with Crippen LogP contribution in [-0.4, -0.2) is 33.0 Å². The number of hydrogen-bond acceptors (Lipinski definition) is 3. The van der Waals surface area contributed by atoms with Crippen LogP contribution in [0, 0.1) is 6.92 Å². The quantitative estimate of drug-likeness (QED) is 0.616. The van der Waals surface area contributed by atoms with Gasteiger partial charge >= 0.3 is 0 Å². The molecule has 0 aliphatic heterocycles. The molecule has 3 nitrogen and oxygen atoms in total. The Morgan fingerprint density at radius 1 is 1.16 bits per heavy atom. The Hall–Kier alpha value is -0.440. The SMILES string of the molecule is Cc1ccc(S(=O)(=O)OCC[P@](C)C(C)(C)C)cc1. The van der Waals surface area contributed by atoms with Crippen LogP contribution in [0.25, 0.3) is 0 Å². The molecule has 5 heteroatoms. The lowest BCUT2D eigenvalue weighted by Gasteiger charge is -2.27. The minimum Gasteiger partial charge on any atom is -0.266 e. The molecule has 1 aromatic carbocycles. The molecule has 0 saturated heterocycles. The fraction of sp³-hybridized carbons (Fsp3) is 0.571. The van der Waals surface area contributed by atoms with E-state index in [0.717, 1.165) is 11.7 Å². The van der Waals surface area contributed by atoms with Gasteiger partial charge in [-0.2, -0.15) is 8.42 Å². The van der Waals surface area contributed by atoms with Crippen LogP contribution in [0.5, 0.6) is 0 Å². The van der Waals surface area contributed by atoms with E-state index < -0.39 is 10.1 Å². The van der Waals surface area contributed by atoms with E-state index in [-0.39, 0.29) is 24.6 Å². The summed E-state index contributed by atoms with van der Waals surface area (Å²) in [5.41, 5.74) is 1.03. The van der Waals surface area contributed by atoms with E-state index in [1.807, 2.05) is 6.92 Å². The Balaban J connectivity index is 2.60. The summed E-state index contributed by atoms with van der Waals surface area (Å²) < 4.78 is 29.0. The van der Waals surface area contributed by atoms with Gasteiger partial charge in [0.05, 0.1) is 11.5 Å². The van der Waals surface area contributed by atoms with Gasteiger partial charge in [-0.15, -0.1) is 7.92 Å². The summed E-state index contributed by atoms with van der Waals surface area (Å²) in [5, 5.41) is 0.228. The van der Waals surface area contributed by atoms with E-state index in [1.54, 1.807) is 24.3 Å². The fourth-order valence-corrected chi connectivity index (χ4v) is 3.46. The van der Waals surface area contributed by atoms with Crippen LogP contribution >= 0.6 is 7.92 Å². The number of rotatable bonds is 5. The Kier molecular flexibility index (Phi) is 5.54. The lowest BCUT2D eigenvalue weighted by Crippen LogP contribution is -2.16. The second-order valence-electron chi connectivity index (χ2n) is 5.68. The maximum atomic E-state index is 12.0. The predicted molar refractivity (Wildman–Crippen MR) is 81.8 cm³/mol. The molecule has 0 saturated carbocycles. The highest BCUT2D eigenvalue weighted by Crippen LogP contribution is 2.45. The Morgan fingerprint density at radius 2 is 1.68 bits per heavy atom. The van der Waals surface area contributed by atoms with Gasteiger partial charge in [-0.25, -0.2) is 0 Å².